The number of nitrogens with zero attached hydrogens (tertiary/aromatic N) is 2. The van der Waals surface area contributed by atoms with Crippen molar-refractivity contribution in [3.05, 3.63) is 63.4 Å². The molecule has 3 aromatic rings. The predicted octanol–water partition coefficient (Wildman–Crippen LogP) is 4.25. The molecule has 28 heavy (non-hydrogen) atoms. The number of carboxylic acids is 1. The highest BCUT2D eigenvalue weighted by Crippen LogP contribution is 2.37. The first kappa shape index (κ1) is 18.4. The van der Waals surface area contributed by atoms with E-state index in [9.17, 15) is 9.59 Å². The molecule has 1 aliphatic rings. The maximum Gasteiger partial charge on any atom is 0.335 e. The van der Waals surface area contributed by atoms with Gasteiger partial charge in [0.1, 0.15) is 0 Å². The van der Waals surface area contributed by atoms with Crippen molar-refractivity contribution in [1.82, 2.24) is 9.97 Å². The van der Waals surface area contributed by atoms with E-state index in [1.165, 1.54) is 12.1 Å². The van der Waals surface area contributed by atoms with Crippen LogP contribution in [0.4, 0.5) is 17.3 Å². The highest BCUT2D eigenvalue weighted by Gasteiger charge is 2.27. The summed E-state index contributed by atoms with van der Waals surface area (Å²) in [4.78, 5) is 32.5. The Morgan fingerprint density at radius 2 is 1.96 bits per heavy atom. The van der Waals surface area contributed by atoms with Gasteiger partial charge < -0.3 is 15.7 Å². The molecular weight excluding hydrogens is 471 g/mol. The molecule has 2 heterocycles. The zero-order chi connectivity index (χ0) is 19.8. The molecule has 0 spiro atoms. The third-order valence-electron chi connectivity index (χ3n) is 4.56. The van der Waals surface area contributed by atoms with Crippen LogP contribution in [0, 0.1) is 3.57 Å². The van der Waals surface area contributed by atoms with Crippen LogP contribution in [0.3, 0.4) is 0 Å². The van der Waals surface area contributed by atoms with Crippen LogP contribution in [0.15, 0.2) is 48.7 Å². The number of rotatable bonds is 3. The van der Waals surface area contributed by atoms with Crippen molar-refractivity contribution in [1.29, 1.82) is 0 Å². The molecule has 1 atom stereocenters. The highest BCUT2D eigenvalue weighted by atomic mass is 127. The average Bonchev–Trinajstić information content (AvgIpc) is 2.77. The van der Waals surface area contributed by atoms with Crippen LogP contribution in [0.25, 0.3) is 11.3 Å². The second kappa shape index (κ2) is 7.19. The van der Waals surface area contributed by atoms with Crippen molar-refractivity contribution in [3.63, 3.8) is 0 Å². The van der Waals surface area contributed by atoms with E-state index in [0.717, 1.165) is 20.4 Å². The number of fused-ring (bicyclic) bond motifs is 3. The Bertz CT molecular complexity index is 1100. The molecule has 8 heteroatoms. The van der Waals surface area contributed by atoms with E-state index in [-0.39, 0.29) is 17.4 Å². The van der Waals surface area contributed by atoms with Crippen LogP contribution in [-0.4, -0.2) is 27.0 Å². The van der Waals surface area contributed by atoms with Gasteiger partial charge in [-0.3, -0.25) is 4.79 Å². The van der Waals surface area contributed by atoms with Gasteiger partial charge in [-0.25, -0.2) is 14.8 Å². The van der Waals surface area contributed by atoms with E-state index >= 15 is 0 Å². The van der Waals surface area contributed by atoms with Crippen LogP contribution >= 0.6 is 22.6 Å². The van der Waals surface area contributed by atoms with Gasteiger partial charge in [0, 0.05) is 26.6 Å². The molecule has 0 aliphatic carbocycles. The molecule has 0 fully saturated rings. The second-order valence-electron chi connectivity index (χ2n) is 6.41. The lowest BCUT2D eigenvalue weighted by Crippen LogP contribution is -2.17. The standard InChI is InChI=1S/C20H15IN4O3/c1-10-15-9-22-20(23-13-5-2-11(3-6-13)19(27)28)25-17(15)14-7-4-12(21)8-16(14)24-18(10)26/h2-10H,1H3,(H,24,26)(H,27,28)(H,22,23,25)/t10-/m1/s1. The Kier molecular flexibility index (Phi) is 4.71. The fourth-order valence-corrected chi connectivity index (χ4v) is 3.51. The summed E-state index contributed by atoms with van der Waals surface area (Å²) in [6, 6.07) is 12.1. The second-order valence-corrected chi connectivity index (χ2v) is 7.65. The van der Waals surface area contributed by atoms with E-state index < -0.39 is 5.97 Å². The summed E-state index contributed by atoms with van der Waals surface area (Å²) in [5.41, 5.74) is 3.87. The number of amides is 1. The summed E-state index contributed by atoms with van der Waals surface area (Å²) in [7, 11) is 0. The Morgan fingerprint density at radius 3 is 2.68 bits per heavy atom. The first-order chi connectivity index (χ1) is 13.4. The number of benzene rings is 2. The van der Waals surface area contributed by atoms with E-state index in [1.54, 1.807) is 18.3 Å². The molecule has 0 saturated heterocycles. The van der Waals surface area contributed by atoms with Crippen LogP contribution in [0.5, 0.6) is 0 Å². The molecule has 7 nitrogen and oxygen atoms in total. The lowest BCUT2D eigenvalue weighted by molar-refractivity contribution is -0.117. The fourth-order valence-electron chi connectivity index (χ4n) is 3.02. The van der Waals surface area contributed by atoms with Crippen molar-refractivity contribution in [2.75, 3.05) is 10.6 Å². The average molecular weight is 486 g/mol. The number of carboxylic acid groups (broad SMARTS) is 1. The number of hydrogen-bond acceptors (Lipinski definition) is 5. The van der Waals surface area contributed by atoms with E-state index in [0.29, 0.717) is 17.3 Å². The molecule has 3 N–H and O–H groups in total. The summed E-state index contributed by atoms with van der Waals surface area (Å²) >= 11 is 2.20. The van der Waals surface area contributed by atoms with Gasteiger partial charge in [0.05, 0.1) is 22.9 Å². The smallest absolute Gasteiger partial charge is 0.335 e. The van der Waals surface area contributed by atoms with E-state index in [1.807, 2.05) is 25.1 Å². The van der Waals surface area contributed by atoms with Gasteiger partial charge in [-0.05, 0) is 72.0 Å². The number of nitrogens with one attached hydrogen (secondary N) is 2. The van der Waals surface area contributed by atoms with Gasteiger partial charge >= 0.3 is 5.97 Å². The molecule has 140 valence electrons. The van der Waals surface area contributed by atoms with Crippen LogP contribution in [0.2, 0.25) is 0 Å². The molecule has 0 bridgehead atoms. The van der Waals surface area contributed by atoms with Gasteiger partial charge in [0.25, 0.3) is 0 Å². The summed E-state index contributed by atoms with van der Waals surface area (Å²) in [5.74, 6) is -1.10. The number of carbonyl (C=O) groups excluding carboxylic acids is 1. The van der Waals surface area contributed by atoms with Gasteiger partial charge in [0.15, 0.2) is 0 Å². The maximum atomic E-state index is 12.5. The Labute approximate surface area is 174 Å². The Balaban J connectivity index is 1.75. The molecule has 0 saturated carbocycles. The highest BCUT2D eigenvalue weighted by molar-refractivity contribution is 14.1. The molecular formula is C20H15IN4O3. The van der Waals surface area contributed by atoms with Gasteiger partial charge in [-0.2, -0.15) is 0 Å². The zero-order valence-electron chi connectivity index (χ0n) is 14.7. The number of aromatic carboxylic acids is 1. The third kappa shape index (κ3) is 3.42. The van der Waals surface area contributed by atoms with Crippen molar-refractivity contribution in [2.45, 2.75) is 12.8 Å². The van der Waals surface area contributed by atoms with E-state index in [4.69, 9.17) is 5.11 Å². The Hall–Kier alpha value is -3.01. The number of carbonyl (C=O) groups is 2. The minimum Gasteiger partial charge on any atom is -0.478 e. The minimum absolute atomic E-state index is 0.101. The lowest BCUT2D eigenvalue weighted by Gasteiger charge is -2.12. The quantitative estimate of drug-likeness (QED) is 0.479. The van der Waals surface area contributed by atoms with Crippen LogP contribution < -0.4 is 10.6 Å². The number of anilines is 3. The predicted molar refractivity (Wildman–Crippen MR) is 114 cm³/mol. The topological polar surface area (TPSA) is 104 Å². The first-order valence-electron chi connectivity index (χ1n) is 8.50. The van der Waals surface area contributed by atoms with Crippen molar-refractivity contribution in [3.8, 4) is 11.3 Å². The van der Waals surface area contributed by atoms with Crippen LogP contribution in [0.1, 0.15) is 28.8 Å². The molecule has 1 aromatic heterocycles. The number of halogens is 1. The summed E-state index contributed by atoms with van der Waals surface area (Å²) < 4.78 is 1.01. The molecule has 1 amide bonds. The lowest BCUT2D eigenvalue weighted by atomic mass is 9.98. The molecule has 2 aromatic carbocycles. The van der Waals surface area contributed by atoms with Gasteiger partial charge in [-0.15, -0.1) is 0 Å². The normalized spacial score (nSPS) is 15.1. The molecule has 4 rings (SSSR count). The van der Waals surface area contributed by atoms with Crippen LogP contribution in [-0.2, 0) is 4.79 Å². The molecule has 1 aliphatic heterocycles. The number of aromatic nitrogens is 2. The summed E-state index contributed by atoms with van der Waals surface area (Å²) in [6.45, 7) is 1.83. The van der Waals surface area contributed by atoms with Gasteiger partial charge in [0.2, 0.25) is 11.9 Å². The fraction of sp³-hybridized carbons (Fsp3) is 0.100. The Morgan fingerprint density at radius 1 is 1.21 bits per heavy atom. The van der Waals surface area contributed by atoms with Crippen molar-refractivity contribution in [2.24, 2.45) is 0 Å². The van der Waals surface area contributed by atoms with Gasteiger partial charge in [-0.1, -0.05) is 0 Å². The maximum absolute atomic E-state index is 12.5. The first-order valence-corrected chi connectivity index (χ1v) is 9.58. The minimum atomic E-state index is -0.981. The molecule has 0 unspecified atom stereocenters. The summed E-state index contributed by atoms with van der Waals surface area (Å²) in [5, 5.41) is 15.0. The molecule has 0 radical (unpaired) electrons. The third-order valence-corrected chi connectivity index (χ3v) is 5.23. The zero-order valence-corrected chi connectivity index (χ0v) is 16.9. The summed E-state index contributed by atoms with van der Waals surface area (Å²) in [6.07, 6.45) is 1.66. The SMILES string of the molecule is C[C@H]1C(=O)Nc2cc(I)ccc2-c2nc(Nc3ccc(C(=O)O)cc3)ncc21. The number of hydrogen-bond donors (Lipinski definition) is 3. The van der Waals surface area contributed by atoms with Crippen molar-refractivity contribution < 1.29 is 14.7 Å². The van der Waals surface area contributed by atoms with Crippen molar-refractivity contribution >= 4 is 51.8 Å². The monoisotopic (exact) mass is 486 g/mol. The largest absolute Gasteiger partial charge is 0.478 e. The van der Waals surface area contributed by atoms with E-state index in [2.05, 4.69) is 43.2 Å².